The van der Waals surface area contributed by atoms with Crippen molar-refractivity contribution in [1.29, 1.82) is 0 Å². The Morgan fingerprint density at radius 1 is 1.31 bits per heavy atom. The maximum atomic E-state index is 13.0. The highest BCUT2D eigenvalue weighted by molar-refractivity contribution is 5.93. The van der Waals surface area contributed by atoms with E-state index in [1.54, 1.807) is 30.7 Å². The van der Waals surface area contributed by atoms with Gasteiger partial charge in [-0.2, -0.15) is 5.10 Å². The summed E-state index contributed by atoms with van der Waals surface area (Å²) >= 11 is 0. The van der Waals surface area contributed by atoms with Crippen molar-refractivity contribution in [1.82, 2.24) is 25.1 Å². The molecule has 26 heavy (non-hydrogen) atoms. The fourth-order valence-electron chi connectivity index (χ4n) is 2.58. The van der Waals surface area contributed by atoms with Crippen LogP contribution in [-0.2, 0) is 6.54 Å². The molecule has 0 aliphatic rings. The zero-order chi connectivity index (χ0) is 18.7. The standard InChI is InChI=1S/C19H22FN5O/c1-19(2,3)17(11-25-9-8-21-12-25)22-18(26)16-10-15(23-24-16)13-4-6-14(20)7-5-13/h4-10,12,17H,11H2,1-3H3,(H,22,26)(H,23,24). The van der Waals surface area contributed by atoms with E-state index in [1.165, 1.54) is 12.1 Å². The number of imidazole rings is 1. The number of hydrogen-bond acceptors (Lipinski definition) is 3. The molecular weight excluding hydrogens is 333 g/mol. The minimum absolute atomic E-state index is 0.0956. The van der Waals surface area contributed by atoms with Crippen molar-refractivity contribution in [3.8, 4) is 11.3 Å². The lowest BCUT2D eigenvalue weighted by molar-refractivity contribution is 0.0887. The Bertz CT molecular complexity index is 862. The van der Waals surface area contributed by atoms with E-state index in [0.29, 0.717) is 17.9 Å². The summed E-state index contributed by atoms with van der Waals surface area (Å²) in [4.78, 5) is 16.7. The van der Waals surface area contributed by atoms with E-state index in [1.807, 2.05) is 10.8 Å². The average molecular weight is 355 g/mol. The molecule has 0 radical (unpaired) electrons. The molecule has 2 aromatic heterocycles. The minimum Gasteiger partial charge on any atom is -0.346 e. The predicted molar refractivity (Wildman–Crippen MR) is 96.9 cm³/mol. The third kappa shape index (κ3) is 4.17. The van der Waals surface area contributed by atoms with Gasteiger partial charge >= 0.3 is 0 Å². The minimum atomic E-state index is -0.310. The molecule has 2 N–H and O–H groups in total. The van der Waals surface area contributed by atoms with Crippen LogP contribution in [0.1, 0.15) is 31.3 Å². The quantitative estimate of drug-likeness (QED) is 0.738. The Hall–Kier alpha value is -2.96. The van der Waals surface area contributed by atoms with Gasteiger partial charge in [-0.25, -0.2) is 9.37 Å². The van der Waals surface area contributed by atoms with E-state index in [2.05, 4.69) is 41.3 Å². The van der Waals surface area contributed by atoms with Gasteiger partial charge in [-0.15, -0.1) is 0 Å². The maximum Gasteiger partial charge on any atom is 0.269 e. The zero-order valence-electron chi connectivity index (χ0n) is 15.0. The van der Waals surface area contributed by atoms with Crippen molar-refractivity contribution in [2.45, 2.75) is 33.4 Å². The molecule has 1 amide bonds. The number of nitrogens with zero attached hydrogens (tertiary/aromatic N) is 3. The Morgan fingerprint density at radius 3 is 2.65 bits per heavy atom. The van der Waals surface area contributed by atoms with Crippen LogP contribution in [0, 0.1) is 11.2 Å². The van der Waals surface area contributed by atoms with Gasteiger partial charge in [0.25, 0.3) is 5.91 Å². The molecule has 7 heteroatoms. The summed E-state index contributed by atoms with van der Waals surface area (Å²) < 4.78 is 15.0. The summed E-state index contributed by atoms with van der Waals surface area (Å²) in [6.07, 6.45) is 5.31. The molecule has 0 bridgehead atoms. The molecule has 3 rings (SSSR count). The lowest BCUT2D eigenvalue weighted by atomic mass is 9.86. The summed E-state index contributed by atoms with van der Waals surface area (Å²) in [6, 6.07) is 7.56. The summed E-state index contributed by atoms with van der Waals surface area (Å²) in [5, 5.41) is 9.98. The largest absolute Gasteiger partial charge is 0.346 e. The lowest BCUT2D eigenvalue weighted by Crippen LogP contribution is -2.46. The van der Waals surface area contributed by atoms with Gasteiger partial charge in [-0.05, 0) is 35.7 Å². The second-order valence-electron chi connectivity index (χ2n) is 7.33. The van der Waals surface area contributed by atoms with Crippen LogP contribution in [0.4, 0.5) is 4.39 Å². The van der Waals surface area contributed by atoms with Gasteiger partial charge in [0, 0.05) is 24.5 Å². The van der Waals surface area contributed by atoms with E-state index in [4.69, 9.17) is 0 Å². The summed E-state index contributed by atoms with van der Waals surface area (Å²) in [5.41, 5.74) is 1.56. The highest BCUT2D eigenvalue weighted by Gasteiger charge is 2.27. The van der Waals surface area contributed by atoms with E-state index in [0.717, 1.165) is 5.56 Å². The summed E-state index contributed by atoms with van der Waals surface area (Å²) in [5.74, 6) is -0.541. The number of hydrogen-bond donors (Lipinski definition) is 2. The van der Waals surface area contributed by atoms with Crippen LogP contribution in [0.3, 0.4) is 0 Å². The smallest absolute Gasteiger partial charge is 0.269 e. The number of carbonyl (C=O) groups excluding carboxylic acids is 1. The number of halogens is 1. The number of amides is 1. The first-order chi connectivity index (χ1) is 12.3. The van der Waals surface area contributed by atoms with Crippen molar-refractivity contribution >= 4 is 5.91 Å². The van der Waals surface area contributed by atoms with Crippen molar-refractivity contribution in [3.63, 3.8) is 0 Å². The Kier molecular flexibility index (Phi) is 4.88. The number of aromatic amines is 1. The molecular formula is C19H22FN5O. The van der Waals surface area contributed by atoms with Crippen molar-refractivity contribution in [2.24, 2.45) is 5.41 Å². The van der Waals surface area contributed by atoms with Crippen LogP contribution < -0.4 is 5.32 Å². The van der Waals surface area contributed by atoms with Crippen molar-refractivity contribution in [3.05, 3.63) is 60.6 Å². The molecule has 3 aromatic rings. The molecule has 6 nitrogen and oxygen atoms in total. The van der Waals surface area contributed by atoms with Gasteiger partial charge < -0.3 is 9.88 Å². The van der Waals surface area contributed by atoms with E-state index < -0.39 is 0 Å². The molecule has 1 aromatic carbocycles. The highest BCUT2D eigenvalue weighted by Crippen LogP contribution is 2.22. The number of benzene rings is 1. The Morgan fingerprint density at radius 2 is 2.04 bits per heavy atom. The number of H-pyrrole nitrogens is 1. The molecule has 1 atom stereocenters. The fraction of sp³-hybridized carbons (Fsp3) is 0.316. The van der Waals surface area contributed by atoms with Crippen LogP contribution in [0.5, 0.6) is 0 Å². The SMILES string of the molecule is CC(C)(C)C(Cn1ccnc1)NC(=O)c1cc(-c2ccc(F)cc2)n[nH]1. The van der Waals surface area contributed by atoms with Crippen LogP contribution in [0.25, 0.3) is 11.3 Å². The Labute approximate surface area is 151 Å². The number of aromatic nitrogens is 4. The molecule has 136 valence electrons. The first-order valence-corrected chi connectivity index (χ1v) is 8.41. The van der Waals surface area contributed by atoms with E-state index in [9.17, 15) is 9.18 Å². The van der Waals surface area contributed by atoms with Gasteiger partial charge in [0.15, 0.2) is 0 Å². The lowest BCUT2D eigenvalue weighted by Gasteiger charge is -2.31. The van der Waals surface area contributed by atoms with Crippen molar-refractivity contribution in [2.75, 3.05) is 0 Å². The topological polar surface area (TPSA) is 75.6 Å². The third-order valence-corrected chi connectivity index (χ3v) is 4.27. The van der Waals surface area contributed by atoms with Crippen LogP contribution in [-0.4, -0.2) is 31.7 Å². The average Bonchev–Trinajstić information content (AvgIpc) is 3.25. The third-order valence-electron chi connectivity index (χ3n) is 4.27. The normalized spacial score (nSPS) is 12.8. The van der Waals surface area contributed by atoms with Gasteiger partial charge in [0.05, 0.1) is 18.1 Å². The van der Waals surface area contributed by atoms with Crippen molar-refractivity contribution < 1.29 is 9.18 Å². The predicted octanol–water partition coefficient (Wildman–Crippen LogP) is 3.26. The summed E-state index contributed by atoms with van der Waals surface area (Å²) in [6.45, 7) is 6.84. The molecule has 2 heterocycles. The van der Waals surface area contributed by atoms with E-state index >= 15 is 0 Å². The first-order valence-electron chi connectivity index (χ1n) is 8.41. The second-order valence-corrected chi connectivity index (χ2v) is 7.33. The molecule has 0 aliphatic heterocycles. The number of carbonyl (C=O) groups is 1. The van der Waals surface area contributed by atoms with Gasteiger partial charge in [0.1, 0.15) is 11.5 Å². The Balaban J connectivity index is 1.74. The summed E-state index contributed by atoms with van der Waals surface area (Å²) in [7, 11) is 0. The van der Waals surface area contributed by atoms with Crippen LogP contribution in [0.15, 0.2) is 49.1 Å². The molecule has 0 fully saturated rings. The molecule has 0 spiro atoms. The number of nitrogens with one attached hydrogen (secondary N) is 2. The molecule has 0 saturated carbocycles. The molecule has 1 unspecified atom stereocenters. The fourth-order valence-corrected chi connectivity index (χ4v) is 2.58. The first kappa shape index (κ1) is 17.8. The second kappa shape index (κ2) is 7.11. The van der Waals surface area contributed by atoms with Crippen LogP contribution >= 0.6 is 0 Å². The zero-order valence-corrected chi connectivity index (χ0v) is 15.0. The maximum absolute atomic E-state index is 13.0. The van der Waals surface area contributed by atoms with Gasteiger partial charge in [0.2, 0.25) is 0 Å². The van der Waals surface area contributed by atoms with Gasteiger partial charge in [-0.3, -0.25) is 9.89 Å². The van der Waals surface area contributed by atoms with Gasteiger partial charge in [-0.1, -0.05) is 20.8 Å². The van der Waals surface area contributed by atoms with E-state index in [-0.39, 0.29) is 23.2 Å². The van der Waals surface area contributed by atoms with Crippen LogP contribution in [0.2, 0.25) is 0 Å². The monoisotopic (exact) mass is 355 g/mol. The number of rotatable bonds is 5. The molecule has 0 aliphatic carbocycles. The molecule has 0 saturated heterocycles. The highest BCUT2D eigenvalue weighted by atomic mass is 19.1.